The van der Waals surface area contributed by atoms with E-state index in [0.29, 0.717) is 14.2 Å². The van der Waals surface area contributed by atoms with Crippen LogP contribution >= 0.6 is 34.5 Å². The number of ketones is 1. The van der Waals surface area contributed by atoms with Crippen molar-refractivity contribution in [1.82, 2.24) is 0 Å². The number of benzene rings is 2. The van der Waals surface area contributed by atoms with Crippen molar-refractivity contribution in [2.75, 3.05) is 11.3 Å². The van der Waals surface area contributed by atoms with Gasteiger partial charge in [0, 0.05) is 5.02 Å². The van der Waals surface area contributed by atoms with Crippen LogP contribution in [0.15, 0.2) is 65.6 Å². The van der Waals surface area contributed by atoms with Gasteiger partial charge in [0.25, 0.3) is 10.0 Å². The lowest BCUT2D eigenvalue weighted by molar-refractivity contribution is 0.0477. The van der Waals surface area contributed by atoms with Gasteiger partial charge in [0.15, 0.2) is 6.61 Å². The van der Waals surface area contributed by atoms with Gasteiger partial charge in [-0.25, -0.2) is 13.2 Å². The molecule has 0 aliphatic heterocycles. The number of para-hydroxylation sites is 1. The number of esters is 1. The van der Waals surface area contributed by atoms with Crippen LogP contribution < -0.4 is 4.72 Å². The molecule has 0 bridgehead atoms. The summed E-state index contributed by atoms with van der Waals surface area (Å²) in [4.78, 5) is 24.8. The minimum Gasteiger partial charge on any atom is -0.454 e. The number of hydrogen-bond donors (Lipinski definition) is 1. The van der Waals surface area contributed by atoms with Gasteiger partial charge >= 0.3 is 5.97 Å². The zero-order chi connectivity index (χ0) is 21.0. The standard InChI is InChI=1S/C19H13Cl2NO5S2/c20-12-5-7-13(8-6-12)29(25,26)22-15-4-2-1-3-14(15)19(24)27-11-16(23)17-9-10-18(21)28-17/h1-10,22H,11H2. The number of halogens is 2. The maximum atomic E-state index is 12.6. The van der Waals surface area contributed by atoms with Gasteiger partial charge in [-0.1, -0.05) is 35.3 Å². The second kappa shape index (κ2) is 8.96. The van der Waals surface area contributed by atoms with Crippen LogP contribution in [0.2, 0.25) is 9.36 Å². The molecule has 0 aliphatic rings. The van der Waals surface area contributed by atoms with Gasteiger partial charge < -0.3 is 4.74 Å². The Morgan fingerprint density at radius 1 is 0.966 bits per heavy atom. The normalized spacial score (nSPS) is 11.1. The van der Waals surface area contributed by atoms with Gasteiger partial charge in [0.05, 0.1) is 25.4 Å². The summed E-state index contributed by atoms with van der Waals surface area (Å²) >= 11 is 12.7. The van der Waals surface area contributed by atoms with Crippen LogP contribution in [0.1, 0.15) is 20.0 Å². The highest BCUT2D eigenvalue weighted by molar-refractivity contribution is 7.92. The first-order chi connectivity index (χ1) is 13.8. The molecule has 0 aliphatic carbocycles. The van der Waals surface area contributed by atoms with Gasteiger partial charge in [0.1, 0.15) is 0 Å². The Kier molecular flexibility index (Phi) is 6.59. The van der Waals surface area contributed by atoms with Crippen molar-refractivity contribution < 1.29 is 22.7 Å². The molecular formula is C19H13Cl2NO5S2. The van der Waals surface area contributed by atoms with Gasteiger partial charge in [0.2, 0.25) is 5.78 Å². The predicted octanol–water partition coefficient (Wildman–Crippen LogP) is 4.90. The number of thiophene rings is 1. The quantitative estimate of drug-likeness (QED) is 0.392. The van der Waals surface area contributed by atoms with Gasteiger partial charge in [-0.2, -0.15) is 0 Å². The van der Waals surface area contributed by atoms with Crippen LogP contribution in [-0.2, 0) is 14.8 Å². The highest BCUT2D eigenvalue weighted by Crippen LogP contribution is 2.24. The first-order valence-electron chi connectivity index (χ1n) is 8.09. The summed E-state index contributed by atoms with van der Waals surface area (Å²) in [6.07, 6.45) is 0. The molecule has 1 heterocycles. The second-order valence-corrected chi connectivity index (χ2v) is 9.54. The zero-order valence-corrected chi connectivity index (χ0v) is 17.7. The van der Waals surface area contributed by atoms with Crippen LogP contribution in [0.5, 0.6) is 0 Å². The summed E-state index contributed by atoms with van der Waals surface area (Å²) in [5, 5.41) is 0.393. The SMILES string of the molecule is O=C(COC(=O)c1ccccc1NS(=O)(=O)c1ccc(Cl)cc1)c1ccc(Cl)s1. The van der Waals surface area contributed by atoms with Gasteiger partial charge in [-0.15, -0.1) is 11.3 Å². The van der Waals surface area contributed by atoms with E-state index in [1.807, 2.05) is 0 Å². The molecule has 0 radical (unpaired) electrons. The molecule has 0 saturated carbocycles. The Bertz CT molecular complexity index is 1160. The van der Waals surface area contributed by atoms with E-state index in [9.17, 15) is 18.0 Å². The average Bonchev–Trinajstić information content (AvgIpc) is 3.13. The van der Waals surface area contributed by atoms with E-state index in [-0.39, 0.29) is 16.1 Å². The van der Waals surface area contributed by atoms with Crippen molar-refractivity contribution in [2.24, 2.45) is 0 Å². The van der Waals surface area contributed by atoms with Crippen molar-refractivity contribution in [2.45, 2.75) is 4.90 Å². The largest absolute Gasteiger partial charge is 0.454 e. The van der Waals surface area contributed by atoms with E-state index in [0.717, 1.165) is 11.3 Å². The maximum absolute atomic E-state index is 12.6. The predicted molar refractivity (Wildman–Crippen MR) is 113 cm³/mol. The molecule has 10 heteroatoms. The monoisotopic (exact) mass is 469 g/mol. The molecule has 2 aromatic carbocycles. The molecule has 0 unspecified atom stereocenters. The Hall–Kier alpha value is -2.39. The lowest BCUT2D eigenvalue weighted by Gasteiger charge is -2.12. The molecule has 0 saturated heterocycles. The fourth-order valence-corrected chi connectivity index (χ4v) is 4.48. The number of sulfonamides is 1. The Balaban J connectivity index is 1.75. The van der Waals surface area contributed by atoms with Gasteiger partial charge in [-0.05, 0) is 48.5 Å². The number of hydrogen-bond acceptors (Lipinski definition) is 6. The lowest BCUT2D eigenvalue weighted by atomic mass is 10.2. The molecule has 1 N–H and O–H groups in total. The van der Waals surface area contributed by atoms with E-state index < -0.39 is 28.4 Å². The van der Waals surface area contributed by atoms with E-state index in [1.54, 1.807) is 18.2 Å². The molecular weight excluding hydrogens is 457 g/mol. The third-order valence-electron chi connectivity index (χ3n) is 3.70. The number of nitrogens with one attached hydrogen (secondary N) is 1. The Labute approximate surface area is 181 Å². The molecule has 6 nitrogen and oxygen atoms in total. The summed E-state index contributed by atoms with van der Waals surface area (Å²) in [7, 11) is -3.95. The minimum absolute atomic E-state index is 0.0187. The van der Waals surface area contributed by atoms with Crippen LogP contribution in [0.4, 0.5) is 5.69 Å². The number of carbonyl (C=O) groups excluding carboxylic acids is 2. The smallest absolute Gasteiger partial charge is 0.340 e. The number of rotatable bonds is 7. The zero-order valence-electron chi connectivity index (χ0n) is 14.6. The molecule has 0 fully saturated rings. The van der Waals surface area contributed by atoms with E-state index in [2.05, 4.69) is 4.72 Å². The van der Waals surface area contributed by atoms with Crippen LogP contribution in [0.25, 0.3) is 0 Å². The molecule has 0 spiro atoms. The maximum Gasteiger partial charge on any atom is 0.340 e. The summed E-state index contributed by atoms with van der Waals surface area (Å²) in [5.74, 6) is -1.25. The second-order valence-electron chi connectivity index (χ2n) is 5.71. The van der Waals surface area contributed by atoms with Crippen molar-refractivity contribution >= 4 is 62.0 Å². The number of Topliss-reactive ketones (excluding diaryl/α,β-unsaturated/α-hetero) is 1. The number of carbonyl (C=O) groups is 2. The summed E-state index contributed by atoms with van der Waals surface area (Å²) in [6.45, 7) is -0.492. The third-order valence-corrected chi connectivity index (χ3v) is 6.60. The van der Waals surface area contributed by atoms with E-state index in [4.69, 9.17) is 27.9 Å². The average molecular weight is 470 g/mol. The topological polar surface area (TPSA) is 89.5 Å². The molecule has 0 amide bonds. The molecule has 150 valence electrons. The van der Waals surface area contributed by atoms with Crippen molar-refractivity contribution in [1.29, 1.82) is 0 Å². The van der Waals surface area contributed by atoms with E-state index >= 15 is 0 Å². The van der Waals surface area contributed by atoms with Crippen LogP contribution in [0.3, 0.4) is 0 Å². The fraction of sp³-hybridized carbons (Fsp3) is 0.0526. The highest BCUT2D eigenvalue weighted by atomic mass is 35.5. The molecule has 29 heavy (non-hydrogen) atoms. The third kappa shape index (κ3) is 5.36. The van der Waals surface area contributed by atoms with Crippen LogP contribution in [-0.4, -0.2) is 26.8 Å². The number of ether oxygens (including phenoxy) is 1. The van der Waals surface area contributed by atoms with E-state index in [1.165, 1.54) is 42.5 Å². The number of anilines is 1. The minimum atomic E-state index is -3.95. The first-order valence-corrected chi connectivity index (χ1v) is 11.1. The Morgan fingerprint density at radius 3 is 2.31 bits per heavy atom. The summed E-state index contributed by atoms with van der Waals surface area (Å²) < 4.78 is 33.0. The van der Waals surface area contributed by atoms with Crippen LogP contribution in [0, 0.1) is 0 Å². The summed E-state index contributed by atoms with van der Waals surface area (Å²) in [6, 6.07) is 14.6. The summed E-state index contributed by atoms with van der Waals surface area (Å²) in [5.41, 5.74) is 0.00103. The molecule has 3 aromatic rings. The van der Waals surface area contributed by atoms with Gasteiger partial charge in [-0.3, -0.25) is 9.52 Å². The van der Waals surface area contributed by atoms with Crippen molar-refractivity contribution in [3.05, 3.63) is 80.5 Å². The Morgan fingerprint density at radius 2 is 1.66 bits per heavy atom. The fourth-order valence-electron chi connectivity index (χ4n) is 2.31. The molecule has 1 aromatic heterocycles. The van der Waals surface area contributed by atoms with Crippen molar-refractivity contribution in [3.63, 3.8) is 0 Å². The molecule has 0 atom stereocenters. The lowest BCUT2D eigenvalue weighted by Crippen LogP contribution is -2.18. The first kappa shape index (κ1) is 21.3. The molecule has 3 rings (SSSR count). The van der Waals surface area contributed by atoms with Crippen molar-refractivity contribution in [3.8, 4) is 0 Å². The highest BCUT2D eigenvalue weighted by Gasteiger charge is 2.20.